The van der Waals surface area contributed by atoms with Crippen molar-refractivity contribution in [3.05, 3.63) is 77.5 Å². The van der Waals surface area contributed by atoms with Crippen LogP contribution in [0.3, 0.4) is 0 Å². The van der Waals surface area contributed by atoms with E-state index in [-0.39, 0.29) is 18.4 Å². The fourth-order valence-corrected chi connectivity index (χ4v) is 3.14. The van der Waals surface area contributed by atoms with Crippen molar-refractivity contribution in [2.45, 2.75) is 39.5 Å². The van der Waals surface area contributed by atoms with Crippen LogP contribution in [-0.2, 0) is 19.2 Å². The van der Waals surface area contributed by atoms with E-state index >= 15 is 0 Å². The lowest BCUT2D eigenvalue weighted by molar-refractivity contribution is -0.137. The molecule has 0 radical (unpaired) electrons. The zero-order chi connectivity index (χ0) is 21.6. The van der Waals surface area contributed by atoms with Gasteiger partial charge in [0.25, 0.3) is 0 Å². The lowest BCUT2D eigenvalue weighted by Gasteiger charge is -2.25. The molecular formula is C23H24F3N3O. The minimum absolute atomic E-state index is 0.0945. The molecule has 0 N–H and O–H groups in total. The van der Waals surface area contributed by atoms with Crippen LogP contribution in [0.1, 0.15) is 37.0 Å². The molecule has 0 aliphatic heterocycles. The summed E-state index contributed by atoms with van der Waals surface area (Å²) in [6.45, 7) is 4.35. The first kappa shape index (κ1) is 21.6. The predicted molar refractivity (Wildman–Crippen MR) is 111 cm³/mol. The van der Waals surface area contributed by atoms with Crippen molar-refractivity contribution in [1.82, 2.24) is 9.97 Å². The number of halogens is 3. The van der Waals surface area contributed by atoms with E-state index in [1.165, 1.54) is 4.90 Å². The largest absolute Gasteiger partial charge is 0.459 e. The molecule has 3 rings (SSSR count). The van der Waals surface area contributed by atoms with Crippen LogP contribution < -0.4 is 9.64 Å². The molecule has 1 heterocycles. The smallest absolute Gasteiger partial charge is 0.421 e. The molecule has 4 nitrogen and oxygen atoms in total. The van der Waals surface area contributed by atoms with E-state index in [1.54, 1.807) is 6.92 Å². The Labute approximate surface area is 174 Å². The standard InChI is InChI=1S/C23H24F3N3O/c1-3-8-17-11-13-19(14-12-17)29(4-2)21-20(23(24,25)26)15-27-22(28-21)30-16-18-9-6-5-7-10-18/h5-7,9-15H,3-4,8,16H2,1-2H3. The van der Waals surface area contributed by atoms with Gasteiger partial charge in [0.05, 0.1) is 0 Å². The number of alkyl halides is 3. The number of ether oxygens (including phenoxy) is 1. The summed E-state index contributed by atoms with van der Waals surface area (Å²) in [7, 11) is 0. The third-order valence-corrected chi connectivity index (χ3v) is 4.62. The molecule has 7 heteroatoms. The molecule has 3 aromatic rings. The van der Waals surface area contributed by atoms with Crippen LogP contribution in [-0.4, -0.2) is 16.5 Å². The van der Waals surface area contributed by atoms with Crippen LogP contribution in [0.4, 0.5) is 24.7 Å². The monoisotopic (exact) mass is 415 g/mol. The zero-order valence-corrected chi connectivity index (χ0v) is 17.0. The SMILES string of the molecule is CCCc1ccc(N(CC)c2nc(OCc3ccccc3)ncc2C(F)(F)F)cc1. The number of hydrogen-bond acceptors (Lipinski definition) is 4. The maximum absolute atomic E-state index is 13.7. The number of hydrogen-bond donors (Lipinski definition) is 0. The van der Waals surface area contributed by atoms with Gasteiger partial charge in [0.1, 0.15) is 12.2 Å². The van der Waals surface area contributed by atoms with Crippen LogP contribution in [0.5, 0.6) is 6.01 Å². The lowest BCUT2D eigenvalue weighted by Crippen LogP contribution is -2.23. The van der Waals surface area contributed by atoms with Crippen LogP contribution in [0, 0.1) is 0 Å². The van der Waals surface area contributed by atoms with E-state index < -0.39 is 11.7 Å². The number of aryl methyl sites for hydroxylation is 1. The molecule has 30 heavy (non-hydrogen) atoms. The Hall–Kier alpha value is -3.09. The molecule has 0 aliphatic carbocycles. The van der Waals surface area contributed by atoms with Gasteiger partial charge >= 0.3 is 12.2 Å². The number of benzene rings is 2. The second-order valence-corrected chi connectivity index (χ2v) is 6.82. The fourth-order valence-electron chi connectivity index (χ4n) is 3.14. The number of nitrogens with zero attached hydrogens (tertiary/aromatic N) is 3. The summed E-state index contributed by atoms with van der Waals surface area (Å²) in [5, 5.41) is 0. The van der Waals surface area contributed by atoms with Crippen molar-refractivity contribution in [3.63, 3.8) is 0 Å². The van der Waals surface area contributed by atoms with E-state index in [2.05, 4.69) is 16.9 Å². The van der Waals surface area contributed by atoms with Crippen molar-refractivity contribution in [3.8, 4) is 6.01 Å². The first-order chi connectivity index (χ1) is 14.4. The van der Waals surface area contributed by atoms with Gasteiger partial charge in [-0.2, -0.15) is 18.2 Å². The van der Waals surface area contributed by atoms with E-state index in [9.17, 15) is 13.2 Å². The van der Waals surface area contributed by atoms with Crippen molar-refractivity contribution in [1.29, 1.82) is 0 Å². The van der Waals surface area contributed by atoms with E-state index in [0.717, 1.165) is 30.2 Å². The first-order valence-corrected chi connectivity index (χ1v) is 9.89. The fraction of sp³-hybridized carbons (Fsp3) is 0.304. The normalized spacial score (nSPS) is 11.4. The van der Waals surface area contributed by atoms with Crippen molar-refractivity contribution in [2.75, 3.05) is 11.4 Å². The minimum atomic E-state index is -4.58. The minimum Gasteiger partial charge on any atom is -0.459 e. The molecule has 0 unspecified atom stereocenters. The Bertz CT molecular complexity index is 944. The Morgan fingerprint density at radius 1 is 0.933 bits per heavy atom. The van der Waals surface area contributed by atoms with Gasteiger partial charge < -0.3 is 9.64 Å². The highest BCUT2D eigenvalue weighted by Crippen LogP contribution is 2.38. The summed E-state index contributed by atoms with van der Waals surface area (Å²) in [6.07, 6.45) is -1.87. The highest BCUT2D eigenvalue weighted by Gasteiger charge is 2.37. The third kappa shape index (κ3) is 5.28. The maximum atomic E-state index is 13.7. The highest BCUT2D eigenvalue weighted by molar-refractivity contribution is 5.63. The summed E-state index contributed by atoms with van der Waals surface area (Å²) in [4.78, 5) is 9.45. The molecule has 0 atom stereocenters. The second kappa shape index (κ2) is 9.61. The summed E-state index contributed by atoms with van der Waals surface area (Å²) < 4.78 is 46.5. The summed E-state index contributed by atoms with van der Waals surface area (Å²) in [5.74, 6) is -0.216. The average molecular weight is 415 g/mol. The molecule has 1 aromatic heterocycles. The van der Waals surface area contributed by atoms with Crippen molar-refractivity contribution < 1.29 is 17.9 Å². The van der Waals surface area contributed by atoms with Crippen molar-refractivity contribution >= 4 is 11.5 Å². The first-order valence-electron chi connectivity index (χ1n) is 9.89. The van der Waals surface area contributed by atoms with Crippen LogP contribution in [0.25, 0.3) is 0 Å². The zero-order valence-electron chi connectivity index (χ0n) is 17.0. The quantitative estimate of drug-likeness (QED) is 0.440. The second-order valence-electron chi connectivity index (χ2n) is 6.82. The third-order valence-electron chi connectivity index (χ3n) is 4.62. The van der Waals surface area contributed by atoms with Gasteiger partial charge in [-0.25, -0.2) is 4.98 Å². The molecular weight excluding hydrogens is 391 g/mol. The average Bonchev–Trinajstić information content (AvgIpc) is 2.74. The Kier molecular flexibility index (Phi) is 6.92. The summed E-state index contributed by atoms with van der Waals surface area (Å²) >= 11 is 0. The van der Waals surface area contributed by atoms with Gasteiger partial charge in [-0.05, 0) is 36.6 Å². The van der Waals surface area contributed by atoms with Crippen LogP contribution in [0.2, 0.25) is 0 Å². The van der Waals surface area contributed by atoms with Gasteiger partial charge in [-0.1, -0.05) is 55.8 Å². The van der Waals surface area contributed by atoms with Gasteiger partial charge in [0.15, 0.2) is 5.82 Å². The summed E-state index contributed by atoms with van der Waals surface area (Å²) in [5.41, 5.74) is 1.76. The number of anilines is 2. The molecule has 0 bridgehead atoms. The number of aromatic nitrogens is 2. The molecule has 2 aromatic carbocycles. The molecule has 0 saturated heterocycles. The van der Waals surface area contributed by atoms with Crippen LogP contribution in [0.15, 0.2) is 60.8 Å². The van der Waals surface area contributed by atoms with Gasteiger partial charge in [0.2, 0.25) is 0 Å². The number of rotatable bonds is 8. The molecule has 0 saturated carbocycles. The van der Waals surface area contributed by atoms with Gasteiger partial charge in [0, 0.05) is 18.4 Å². The molecule has 0 aliphatic rings. The molecule has 158 valence electrons. The Morgan fingerprint density at radius 2 is 1.63 bits per heavy atom. The predicted octanol–water partition coefficient (Wildman–Crippen LogP) is 6.18. The van der Waals surface area contributed by atoms with Crippen molar-refractivity contribution in [2.24, 2.45) is 0 Å². The van der Waals surface area contributed by atoms with E-state index in [0.29, 0.717) is 12.2 Å². The maximum Gasteiger partial charge on any atom is 0.421 e. The van der Waals surface area contributed by atoms with E-state index in [1.807, 2.05) is 54.6 Å². The Morgan fingerprint density at radius 3 is 2.23 bits per heavy atom. The summed E-state index contributed by atoms with van der Waals surface area (Å²) in [6, 6.07) is 16.7. The molecule has 0 spiro atoms. The molecule has 0 fully saturated rings. The van der Waals surface area contributed by atoms with E-state index in [4.69, 9.17) is 4.74 Å². The van der Waals surface area contributed by atoms with Gasteiger partial charge in [-0.3, -0.25) is 0 Å². The molecule has 0 amide bonds. The lowest BCUT2D eigenvalue weighted by atomic mass is 10.1. The highest BCUT2D eigenvalue weighted by atomic mass is 19.4. The topological polar surface area (TPSA) is 38.2 Å². The van der Waals surface area contributed by atoms with Crippen LogP contribution >= 0.6 is 0 Å². The Balaban J connectivity index is 1.93. The van der Waals surface area contributed by atoms with Gasteiger partial charge in [-0.15, -0.1) is 0 Å².